The molecule has 2 heterocycles. The number of benzene rings is 2. The molecule has 0 bridgehead atoms. The summed E-state index contributed by atoms with van der Waals surface area (Å²) in [6.07, 6.45) is 1.46. The minimum absolute atomic E-state index is 0.00487. The van der Waals surface area contributed by atoms with Crippen LogP contribution in [0.15, 0.2) is 61.2 Å². The number of ether oxygens (including phenoxy) is 1. The number of aliphatic hydroxyl groups is 1. The Morgan fingerprint density at radius 2 is 2.13 bits per heavy atom. The zero-order valence-corrected chi connectivity index (χ0v) is 17.2. The number of nitrogens with zero attached hydrogens (tertiary/aromatic N) is 3. The molecule has 0 radical (unpaired) electrons. The van der Waals surface area contributed by atoms with Gasteiger partial charge in [0, 0.05) is 25.4 Å². The number of likely N-dealkylation sites (tertiary alicyclic amines) is 1. The zero-order valence-electron chi connectivity index (χ0n) is 17.2. The number of fused-ring (bicyclic) bond motifs is 1. The summed E-state index contributed by atoms with van der Waals surface area (Å²) >= 11 is 0. The predicted molar refractivity (Wildman–Crippen MR) is 117 cm³/mol. The molecule has 1 aliphatic rings. The van der Waals surface area contributed by atoms with Crippen LogP contribution in [0.2, 0.25) is 0 Å². The summed E-state index contributed by atoms with van der Waals surface area (Å²) in [5, 5.41) is 10.7. The highest BCUT2D eigenvalue weighted by Gasteiger charge is 2.33. The van der Waals surface area contributed by atoms with E-state index < -0.39 is 6.10 Å². The van der Waals surface area contributed by atoms with E-state index >= 15 is 0 Å². The first-order valence-corrected chi connectivity index (χ1v) is 10.3. The van der Waals surface area contributed by atoms with Crippen LogP contribution in [0.1, 0.15) is 23.7 Å². The molecule has 6 nitrogen and oxygen atoms in total. The standard InChI is InChI=1S/C24H27N3O3/c1-3-11-26-14-18(13-23(26)29)24-25-21-9-4-5-10-22(21)27(24)15-19(28)16-30-20-8-6-7-17(2)12-20/h3-10,12,18-19,28H,1,11,13-16H2,2H3/t18-,19+/m0/s1. The van der Waals surface area contributed by atoms with E-state index in [1.807, 2.05) is 60.0 Å². The minimum atomic E-state index is -0.705. The topological polar surface area (TPSA) is 67.6 Å². The van der Waals surface area contributed by atoms with Crippen LogP contribution in [0.25, 0.3) is 11.0 Å². The number of rotatable bonds is 8. The lowest BCUT2D eigenvalue weighted by Crippen LogP contribution is -2.26. The van der Waals surface area contributed by atoms with Crippen LogP contribution in [0, 0.1) is 6.92 Å². The van der Waals surface area contributed by atoms with Crippen molar-refractivity contribution in [1.82, 2.24) is 14.5 Å². The average molecular weight is 405 g/mol. The van der Waals surface area contributed by atoms with Gasteiger partial charge in [-0.3, -0.25) is 4.79 Å². The molecule has 30 heavy (non-hydrogen) atoms. The number of amides is 1. The van der Waals surface area contributed by atoms with Crippen molar-refractivity contribution in [3.8, 4) is 5.75 Å². The fourth-order valence-corrected chi connectivity index (χ4v) is 4.04. The zero-order chi connectivity index (χ0) is 21.1. The largest absolute Gasteiger partial charge is 0.491 e. The van der Waals surface area contributed by atoms with Gasteiger partial charge in [-0.25, -0.2) is 4.98 Å². The van der Waals surface area contributed by atoms with Crippen molar-refractivity contribution in [2.75, 3.05) is 19.7 Å². The maximum Gasteiger partial charge on any atom is 0.223 e. The Kier molecular flexibility index (Phi) is 5.86. The van der Waals surface area contributed by atoms with E-state index in [9.17, 15) is 9.90 Å². The van der Waals surface area contributed by atoms with Crippen molar-refractivity contribution >= 4 is 16.9 Å². The molecule has 1 fully saturated rings. The molecule has 2 atom stereocenters. The number of para-hydroxylation sites is 2. The van der Waals surface area contributed by atoms with Crippen LogP contribution in [0.4, 0.5) is 0 Å². The summed E-state index contributed by atoms with van der Waals surface area (Å²) < 4.78 is 7.82. The van der Waals surface area contributed by atoms with Gasteiger partial charge < -0.3 is 19.3 Å². The Bertz CT molecular complexity index is 1060. The van der Waals surface area contributed by atoms with Gasteiger partial charge in [-0.1, -0.05) is 30.3 Å². The molecule has 6 heteroatoms. The van der Waals surface area contributed by atoms with Gasteiger partial charge in [0.05, 0.1) is 17.6 Å². The molecule has 0 saturated carbocycles. The molecule has 0 aliphatic carbocycles. The van der Waals surface area contributed by atoms with E-state index in [2.05, 4.69) is 6.58 Å². The van der Waals surface area contributed by atoms with Crippen molar-refractivity contribution in [2.24, 2.45) is 0 Å². The summed E-state index contributed by atoms with van der Waals surface area (Å²) in [6, 6.07) is 15.6. The number of hydrogen-bond acceptors (Lipinski definition) is 4. The summed E-state index contributed by atoms with van der Waals surface area (Å²) in [4.78, 5) is 19.0. The molecule has 156 valence electrons. The van der Waals surface area contributed by atoms with E-state index in [1.54, 1.807) is 11.0 Å². The maximum atomic E-state index is 12.4. The number of hydrogen-bond donors (Lipinski definition) is 1. The summed E-state index contributed by atoms with van der Waals surface area (Å²) in [5.74, 6) is 1.69. The monoisotopic (exact) mass is 405 g/mol. The van der Waals surface area contributed by atoms with Gasteiger partial charge in [0.15, 0.2) is 0 Å². The van der Waals surface area contributed by atoms with Crippen LogP contribution in [-0.2, 0) is 11.3 Å². The van der Waals surface area contributed by atoms with Crippen molar-refractivity contribution in [3.05, 3.63) is 72.6 Å². The van der Waals surface area contributed by atoms with Crippen molar-refractivity contribution < 1.29 is 14.6 Å². The van der Waals surface area contributed by atoms with Gasteiger partial charge in [-0.15, -0.1) is 6.58 Å². The SMILES string of the molecule is C=CCN1C[C@@H](c2nc3ccccc3n2C[C@@H](O)COc2cccc(C)c2)CC1=O. The summed E-state index contributed by atoms with van der Waals surface area (Å²) in [5.41, 5.74) is 2.94. The van der Waals surface area contributed by atoms with Crippen LogP contribution >= 0.6 is 0 Å². The molecule has 2 aromatic carbocycles. The number of carbonyl (C=O) groups excluding carboxylic acids is 1. The van der Waals surface area contributed by atoms with Gasteiger partial charge in [-0.2, -0.15) is 0 Å². The van der Waals surface area contributed by atoms with Gasteiger partial charge in [0.25, 0.3) is 0 Å². The van der Waals surface area contributed by atoms with Crippen LogP contribution in [0.3, 0.4) is 0 Å². The van der Waals surface area contributed by atoms with E-state index in [0.29, 0.717) is 26.1 Å². The lowest BCUT2D eigenvalue weighted by atomic mass is 10.1. The first kappa shape index (κ1) is 20.2. The Balaban J connectivity index is 1.54. The number of aliphatic hydroxyl groups excluding tert-OH is 1. The average Bonchev–Trinajstić information content (AvgIpc) is 3.28. The maximum absolute atomic E-state index is 12.4. The molecule has 0 unspecified atom stereocenters. The fourth-order valence-electron chi connectivity index (χ4n) is 4.04. The summed E-state index contributed by atoms with van der Waals surface area (Å²) in [7, 11) is 0. The second-order valence-electron chi connectivity index (χ2n) is 7.84. The second-order valence-corrected chi connectivity index (χ2v) is 7.84. The lowest BCUT2D eigenvalue weighted by molar-refractivity contribution is -0.127. The summed E-state index contributed by atoms with van der Waals surface area (Å²) in [6.45, 7) is 7.44. The van der Waals surface area contributed by atoms with E-state index in [-0.39, 0.29) is 18.4 Å². The van der Waals surface area contributed by atoms with Crippen LogP contribution < -0.4 is 4.74 Å². The van der Waals surface area contributed by atoms with E-state index in [4.69, 9.17) is 9.72 Å². The first-order chi connectivity index (χ1) is 14.5. The van der Waals surface area contributed by atoms with Crippen molar-refractivity contribution in [3.63, 3.8) is 0 Å². The van der Waals surface area contributed by atoms with Gasteiger partial charge >= 0.3 is 0 Å². The normalized spacial score (nSPS) is 17.5. The molecule has 4 rings (SSSR count). The number of carbonyl (C=O) groups is 1. The minimum Gasteiger partial charge on any atom is -0.491 e. The van der Waals surface area contributed by atoms with Crippen molar-refractivity contribution in [2.45, 2.75) is 31.9 Å². The van der Waals surface area contributed by atoms with Crippen LogP contribution in [-0.4, -0.2) is 51.3 Å². The van der Waals surface area contributed by atoms with E-state index in [1.165, 1.54) is 0 Å². The van der Waals surface area contributed by atoms with Crippen molar-refractivity contribution in [1.29, 1.82) is 0 Å². The van der Waals surface area contributed by atoms with Gasteiger partial charge in [0.2, 0.25) is 5.91 Å². The second kappa shape index (κ2) is 8.71. The molecule has 0 spiro atoms. The molecule has 1 N–H and O–H groups in total. The first-order valence-electron chi connectivity index (χ1n) is 10.3. The molecule has 1 amide bonds. The molecule has 1 aromatic heterocycles. The molecule has 1 saturated heterocycles. The molecular formula is C24H27N3O3. The quantitative estimate of drug-likeness (QED) is 0.584. The van der Waals surface area contributed by atoms with Gasteiger partial charge in [0.1, 0.15) is 24.3 Å². The fraction of sp³-hybridized carbons (Fsp3) is 0.333. The molecule has 3 aromatic rings. The number of aromatic nitrogens is 2. The molecule has 1 aliphatic heterocycles. The predicted octanol–water partition coefficient (Wildman–Crippen LogP) is 3.29. The van der Waals surface area contributed by atoms with Gasteiger partial charge in [-0.05, 0) is 36.8 Å². The van der Waals surface area contributed by atoms with E-state index in [0.717, 1.165) is 28.2 Å². The highest BCUT2D eigenvalue weighted by Crippen LogP contribution is 2.30. The Morgan fingerprint density at radius 1 is 1.30 bits per heavy atom. The number of imidazole rings is 1. The Hall–Kier alpha value is -3.12. The third-order valence-electron chi connectivity index (χ3n) is 5.44. The third-order valence-corrected chi connectivity index (χ3v) is 5.44. The lowest BCUT2D eigenvalue weighted by Gasteiger charge is -2.18. The Morgan fingerprint density at radius 3 is 2.93 bits per heavy atom. The smallest absolute Gasteiger partial charge is 0.223 e. The third kappa shape index (κ3) is 4.24. The Labute approximate surface area is 176 Å². The van der Waals surface area contributed by atoms with Crippen LogP contribution in [0.5, 0.6) is 5.75 Å². The number of aryl methyl sites for hydroxylation is 1. The highest BCUT2D eigenvalue weighted by molar-refractivity contribution is 5.81. The highest BCUT2D eigenvalue weighted by atomic mass is 16.5. The molecular weight excluding hydrogens is 378 g/mol.